The number of amides is 7. The highest BCUT2D eigenvalue weighted by molar-refractivity contribution is 8.01. The van der Waals surface area contributed by atoms with Gasteiger partial charge >= 0.3 is 17.8 Å². The van der Waals surface area contributed by atoms with E-state index in [9.17, 15) is 43.5 Å². The molecule has 3 saturated heterocycles. The maximum atomic E-state index is 14.2. The van der Waals surface area contributed by atoms with Crippen molar-refractivity contribution in [3.63, 3.8) is 0 Å². The summed E-state index contributed by atoms with van der Waals surface area (Å²) in [6.45, 7) is 2.59. The lowest BCUT2D eigenvalue weighted by Crippen LogP contribution is -2.85. The quantitative estimate of drug-likeness (QED) is 0.0531. The highest BCUT2D eigenvalue weighted by atomic mass is 32.2. The van der Waals surface area contributed by atoms with E-state index in [1.807, 2.05) is 0 Å². The van der Waals surface area contributed by atoms with Crippen LogP contribution in [0.3, 0.4) is 0 Å². The number of rotatable bonds is 14. The van der Waals surface area contributed by atoms with Gasteiger partial charge in [0.2, 0.25) is 30.9 Å². The molecule has 3 N–H and O–H groups in total. The molecule has 4 aliphatic heterocycles. The molecule has 1 aromatic carbocycles. The number of β-lactam (4-membered cyclic amide) rings is 1. The topological polar surface area (TPSA) is 201 Å². The van der Waals surface area contributed by atoms with Crippen LogP contribution in [-0.2, 0) is 38.4 Å². The van der Waals surface area contributed by atoms with Crippen LogP contribution in [0.1, 0.15) is 31.4 Å². The highest BCUT2D eigenvalue weighted by Gasteiger charge is 2.66. The number of aliphatic carboxylic acids is 1. The summed E-state index contributed by atoms with van der Waals surface area (Å²) in [5, 5.41) is 17.4. The van der Waals surface area contributed by atoms with Crippen molar-refractivity contribution in [2.45, 2.75) is 41.7 Å². The number of thioether (sulfide) groups is 2. The van der Waals surface area contributed by atoms with Crippen LogP contribution < -0.4 is 20.3 Å². The third-order valence-corrected chi connectivity index (χ3v) is 11.7. The number of hydrogen-bond acceptors (Lipinski definition) is 10. The summed E-state index contributed by atoms with van der Waals surface area (Å²) in [6.07, 6.45) is 5.21. The van der Waals surface area contributed by atoms with E-state index in [1.165, 1.54) is 28.8 Å². The number of likely N-dealkylation sites (N-methyl/N-ethyl adjacent to an activating group) is 1. The smallest absolute Gasteiger partial charge is 0.352 e. The van der Waals surface area contributed by atoms with Gasteiger partial charge in [-0.1, -0.05) is 35.0 Å². The predicted octanol–water partition coefficient (Wildman–Crippen LogP) is -1.06. The lowest BCUT2D eigenvalue weighted by Gasteiger charge is -2.56. The number of hydrogen-bond donors (Lipinski definition) is 3. The van der Waals surface area contributed by atoms with Crippen LogP contribution in [0.4, 0.5) is 0 Å². The lowest BCUT2D eigenvalue weighted by atomic mass is 9.94. The van der Waals surface area contributed by atoms with Gasteiger partial charge in [-0.05, 0) is 24.5 Å². The number of carboxylic acids is 1. The Morgan fingerprint density at radius 3 is 2.42 bits per heavy atom. The van der Waals surface area contributed by atoms with Crippen LogP contribution in [-0.4, -0.2) is 122 Å². The minimum Gasteiger partial charge on any atom is -0.477 e. The number of pyridine rings is 1. The van der Waals surface area contributed by atoms with Gasteiger partial charge in [0, 0.05) is 48.0 Å². The van der Waals surface area contributed by atoms with Crippen molar-refractivity contribution in [2.75, 3.05) is 42.7 Å². The third kappa shape index (κ3) is 6.45. The van der Waals surface area contributed by atoms with Crippen LogP contribution in [0.25, 0.3) is 0 Å². The molecule has 19 heteroatoms. The zero-order valence-electron chi connectivity index (χ0n) is 27.9. The van der Waals surface area contributed by atoms with Gasteiger partial charge in [-0.3, -0.25) is 38.5 Å². The second kappa shape index (κ2) is 15.0. The third-order valence-electron chi connectivity index (χ3n) is 9.17. The first kappa shape index (κ1) is 36.4. The molecule has 0 aliphatic carbocycles. The molecule has 52 heavy (non-hydrogen) atoms. The first-order chi connectivity index (χ1) is 25.1. The number of nitrogens with zero attached hydrogens (tertiary/aromatic N) is 6. The molecule has 0 bridgehead atoms. The zero-order valence-corrected chi connectivity index (χ0v) is 29.5. The number of piperazine rings is 1. The van der Waals surface area contributed by atoms with Gasteiger partial charge in [-0.2, -0.15) is 0 Å². The molecule has 1 aromatic heterocycles. The lowest BCUT2D eigenvalue weighted by molar-refractivity contribution is -0.682. The van der Waals surface area contributed by atoms with Crippen molar-refractivity contribution in [2.24, 2.45) is 0 Å². The highest BCUT2D eigenvalue weighted by Crippen LogP contribution is 2.46. The van der Waals surface area contributed by atoms with Gasteiger partial charge in [0.05, 0.1) is 13.1 Å². The molecule has 0 saturated carbocycles. The molecule has 3 atom stereocenters. The first-order valence-corrected chi connectivity index (χ1v) is 18.4. The first-order valence-electron chi connectivity index (χ1n) is 16.3. The van der Waals surface area contributed by atoms with Crippen molar-refractivity contribution in [1.29, 1.82) is 0 Å². The molecule has 4 aliphatic rings. The number of benzene rings is 1. The Morgan fingerprint density at radius 2 is 1.81 bits per heavy atom. The largest absolute Gasteiger partial charge is 0.477 e. The molecule has 272 valence electrons. The standard InChI is InChI=1S/C33H34N8O9S2/c1-2-36-15-16-39(29(47)28(36)46)40(20-43)25(21-7-4-3-5-8-21)27(45)35-33(34-19-42)31(50)41-26(30(48)49)22(18-52-32(33)41)17-51-23-10-13-37(14-11-23)38-12-6-9-24(38)44/h3-5,7-8,10-11,13-14,19-20,25,32H,2,6,9,12,15-18H2,1H3,(H2-,34,35,42,45,48,49)/p+1/t25-,32-,33-/m1/s1. The Labute approximate surface area is 305 Å². The molecule has 3 fully saturated rings. The summed E-state index contributed by atoms with van der Waals surface area (Å²) in [5.74, 6) is -4.78. The molecule has 2 aromatic rings. The molecule has 5 heterocycles. The number of nitrogens with one attached hydrogen (secondary N) is 2. The normalized spacial score (nSPS) is 22.1. The number of aromatic nitrogens is 1. The number of fused-ring (bicyclic) bond motifs is 1. The van der Waals surface area contributed by atoms with E-state index in [0.29, 0.717) is 18.5 Å². The molecular formula is C33H35N8O9S2+. The van der Waals surface area contributed by atoms with Gasteiger partial charge < -0.3 is 20.6 Å². The van der Waals surface area contributed by atoms with E-state index in [1.54, 1.807) is 59.3 Å². The summed E-state index contributed by atoms with van der Waals surface area (Å²) in [5.41, 5.74) is -1.71. The monoisotopic (exact) mass is 751 g/mol. The maximum absolute atomic E-state index is 14.2. The summed E-state index contributed by atoms with van der Waals surface area (Å²) < 4.78 is 1.70. The van der Waals surface area contributed by atoms with Crippen molar-refractivity contribution < 1.29 is 48.1 Å². The van der Waals surface area contributed by atoms with Crippen LogP contribution >= 0.6 is 23.5 Å². The molecule has 0 spiro atoms. The molecule has 6 rings (SSSR count). The van der Waals surface area contributed by atoms with Crippen molar-refractivity contribution in [1.82, 2.24) is 30.5 Å². The predicted molar refractivity (Wildman–Crippen MR) is 184 cm³/mol. The van der Waals surface area contributed by atoms with Crippen LogP contribution in [0.2, 0.25) is 0 Å². The van der Waals surface area contributed by atoms with Crippen LogP contribution in [0, 0.1) is 0 Å². The van der Waals surface area contributed by atoms with E-state index < -0.39 is 46.7 Å². The average Bonchev–Trinajstić information content (AvgIpc) is 3.59. The summed E-state index contributed by atoms with van der Waals surface area (Å²) in [6, 6.07) is 9.94. The van der Waals surface area contributed by atoms with Crippen molar-refractivity contribution in [3.8, 4) is 0 Å². The van der Waals surface area contributed by atoms with E-state index in [-0.39, 0.29) is 61.1 Å². The molecule has 17 nitrogen and oxygen atoms in total. The SMILES string of the molecule is CCN1CCN(N(C=O)[C@@H](C(=O)N[C@]2(NC=O)C(=O)N3C(C(=O)O)=C(CSc4cc[n+](N5CCCC5=O)cc4)CS[C@@H]32)c2ccccc2)C(=O)C1=O. The minimum atomic E-state index is -2.11. The van der Waals surface area contributed by atoms with E-state index in [0.717, 1.165) is 38.0 Å². The minimum absolute atomic E-state index is 0.0275. The Hall–Kier alpha value is -5.43. The number of carbonyl (C=O) groups excluding carboxylic acids is 7. The van der Waals surface area contributed by atoms with Gasteiger partial charge in [-0.15, -0.1) is 28.5 Å². The Kier molecular flexibility index (Phi) is 10.5. The van der Waals surface area contributed by atoms with E-state index >= 15 is 0 Å². The van der Waals surface area contributed by atoms with Crippen LogP contribution in [0.5, 0.6) is 0 Å². The summed E-state index contributed by atoms with van der Waals surface area (Å²) in [4.78, 5) is 106. The number of carboxylic acid groups (broad SMARTS) is 1. The molecule has 0 unspecified atom stereocenters. The zero-order chi connectivity index (χ0) is 37.2. The Morgan fingerprint density at radius 1 is 1.08 bits per heavy atom. The fourth-order valence-electron chi connectivity index (χ4n) is 6.58. The Balaban J connectivity index is 1.24. The van der Waals surface area contributed by atoms with Gasteiger partial charge in [0.15, 0.2) is 6.04 Å². The second-order valence-corrected chi connectivity index (χ2v) is 14.2. The van der Waals surface area contributed by atoms with Crippen molar-refractivity contribution in [3.05, 3.63) is 71.7 Å². The summed E-state index contributed by atoms with van der Waals surface area (Å²) >= 11 is 2.47. The Bertz CT molecular complexity index is 1850. The van der Waals surface area contributed by atoms with E-state index in [4.69, 9.17) is 0 Å². The number of hydrazine groups is 1. The average molecular weight is 752 g/mol. The fourth-order valence-corrected chi connectivity index (χ4v) is 9.03. The summed E-state index contributed by atoms with van der Waals surface area (Å²) in [7, 11) is 0. The van der Waals surface area contributed by atoms with Gasteiger partial charge in [-0.25, -0.2) is 14.8 Å². The van der Waals surface area contributed by atoms with Crippen molar-refractivity contribution >= 4 is 71.8 Å². The number of carbonyl (C=O) groups is 8. The van der Waals surface area contributed by atoms with Gasteiger partial charge in [0.1, 0.15) is 11.1 Å². The molecule has 7 amide bonds. The van der Waals surface area contributed by atoms with Crippen LogP contribution in [0.15, 0.2) is 71.0 Å². The maximum Gasteiger partial charge on any atom is 0.352 e. The van der Waals surface area contributed by atoms with E-state index in [2.05, 4.69) is 10.6 Å². The second-order valence-electron chi connectivity index (χ2n) is 12.1. The van der Waals surface area contributed by atoms with Gasteiger partial charge in [0.25, 0.3) is 17.7 Å². The molecule has 0 radical (unpaired) electrons. The fraction of sp³-hybridized carbons (Fsp3) is 0.364. The molecular weight excluding hydrogens is 717 g/mol.